The van der Waals surface area contributed by atoms with Crippen LogP contribution in [0.2, 0.25) is 0 Å². The lowest BCUT2D eigenvalue weighted by Gasteiger charge is -2.25. The molecule has 0 aliphatic carbocycles. The van der Waals surface area contributed by atoms with Gasteiger partial charge in [0.1, 0.15) is 0 Å². The first-order chi connectivity index (χ1) is 6.69. The number of hydrogen-bond donors (Lipinski definition) is 0. The van der Waals surface area contributed by atoms with Gasteiger partial charge in [0.05, 0.1) is 0 Å². The molecule has 0 aliphatic rings. The van der Waals surface area contributed by atoms with Gasteiger partial charge >= 0.3 is 0 Å². The highest BCUT2D eigenvalue weighted by molar-refractivity contribution is 9.10. The molecule has 0 fully saturated rings. The van der Waals surface area contributed by atoms with Crippen molar-refractivity contribution < 1.29 is 0 Å². The smallest absolute Gasteiger partial charge is 0.0339 e. The molecule has 14 heavy (non-hydrogen) atoms. The molecule has 0 bridgehead atoms. The predicted molar refractivity (Wildman–Crippen MR) is 67.9 cm³/mol. The molecule has 1 aromatic rings. The Bertz CT molecular complexity index is 268. The summed E-state index contributed by atoms with van der Waals surface area (Å²) in [6, 6.07) is 2.84. The SMILES string of the molecule is CCC(CC)N(C)Cc1sccc1Br. The molecule has 0 amide bonds. The minimum absolute atomic E-state index is 0.712. The van der Waals surface area contributed by atoms with Crippen LogP contribution in [0.25, 0.3) is 0 Å². The average molecular weight is 276 g/mol. The summed E-state index contributed by atoms with van der Waals surface area (Å²) in [5.41, 5.74) is 0. The monoisotopic (exact) mass is 275 g/mol. The van der Waals surface area contributed by atoms with Crippen molar-refractivity contribution in [2.45, 2.75) is 39.3 Å². The quantitative estimate of drug-likeness (QED) is 0.781. The number of halogens is 1. The second-order valence-electron chi connectivity index (χ2n) is 3.58. The largest absolute Gasteiger partial charge is 0.298 e. The first kappa shape index (κ1) is 12.2. The van der Waals surface area contributed by atoms with E-state index >= 15 is 0 Å². The fourth-order valence-corrected chi connectivity index (χ4v) is 3.25. The van der Waals surface area contributed by atoms with Crippen molar-refractivity contribution >= 4 is 27.3 Å². The van der Waals surface area contributed by atoms with Crippen LogP contribution in [0, 0.1) is 0 Å². The summed E-state index contributed by atoms with van der Waals surface area (Å²) in [5, 5.41) is 2.14. The van der Waals surface area contributed by atoms with Crippen LogP contribution in [-0.4, -0.2) is 18.0 Å². The Kier molecular flexibility index (Phi) is 5.13. The zero-order chi connectivity index (χ0) is 10.6. The fourth-order valence-electron chi connectivity index (χ4n) is 1.71. The lowest BCUT2D eigenvalue weighted by Crippen LogP contribution is -2.29. The molecule has 0 aliphatic heterocycles. The van der Waals surface area contributed by atoms with Gasteiger partial charge in [0.25, 0.3) is 0 Å². The summed E-state index contributed by atoms with van der Waals surface area (Å²) in [4.78, 5) is 3.87. The van der Waals surface area contributed by atoms with Gasteiger partial charge < -0.3 is 0 Å². The Hall–Kier alpha value is 0.140. The molecule has 0 atom stereocenters. The van der Waals surface area contributed by atoms with Gasteiger partial charge in [0, 0.05) is 21.9 Å². The molecule has 0 spiro atoms. The molecule has 1 heterocycles. The van der Waals surface area contributed by atoms with E-state index in [1.165, 1.54) is 22.2 Å². The maximum Gasteiger partial charge on any atom is 0.0339 e. The van der Waals surface area contributed by atoms with Gasteiger partial charge in [-0.25, -0.2) is 0 Å². The molecule has 0 N–H and O–H groups in total. The molecule has 1 aromatic heterocycles. The van der Waals surface area contributed by atoms with Crippen LogP contribution >= 0.6 is 27.3 Å². The number of thiophene rings is 1. The first-order valence-corrected chi connectivity index (χ1v) is 6.78. The van der Waals surface area contributed by atoms with Crippen molar-refractivity contribution in [2.75, 3.05) is 7.05 Å². The van der Waals surface area contributed by atoms with Crippen LogP contribution in [0.4, 0.5) is 0 Å². The van der Waals surface area contributed by atoms with E-state index in [1.54, 1.807) is 0 Å². The van der Waals surface area contributed by atoms with Crippen LogP contribution in [0.15, 0.2) is 15.9 Å². The van der Waals surface area contributed by atoms with Crippen molar-refractivity contribution in [3.05, 3.63) is 20.8 Å². The van der Waals surface area contributed by atoms with Gasteiger partial charge in [-0.1, -0.05) is 13.8 Å². The summed E-state index contributed by atoms with van der Waals surface area (Å²) in [5.74, 6) is 0. The third-order valence-corrected chi connectivity index (χ3v) is 4.56. The summed E-state index contributed by atoms with van der Waals surface area (Å²) in [6.07, 6.45) is 2.46. The second-order valence-corrected chi connectivity index (χ2v) is 5.43. The Labute approximate surface area is 99.3 Å². The molecule has 0 radical (unpaired) electrons. The highest BCUT2D eigenvalue weighted by atomic mass is 79.9. The van der Waals surface area contributed by atoms with Crippen LogP contribution < -0.4 is 0 Å². The van der Waals surface area contributed by atoms with Crippen LogP contribution in [-0.2, 0) is 6.54 Å². The molecular weight excluding hydrogens is 258 g/mol. The van der Waals surface area contributed by atoms with E-state index in [2.05, 4.69) is 53.2 Å². The third kappa shape index (κ3) is 3.07. The van der Waals surface area contributed by atoms with Gasteiger partial charge in [0.15, 0.2) is 0 Å². The van der Waals surface area contributed by atoms with Crippen LogP contribution in [0.1, 0.15) is 31.6 Å². The summed E-state index contributed by atoms with van der Waals surface area (Å²) < 4.78 is 1.25. The topological polar surface area (TPSA) is 3.24 Å². The zero-order valence-electron chi connectivity index (χ0n) is 9.09. The number of hydrogen-bond acceptors (Lipinski definition) is 2. The Morgan fingerprint density at radius 2 is 2.07 bits per heavy atom. The molecule has 80 valence electrons. The zero-order valence-corrected chi connectivity index (χ0v) is 11.5. The van der Waals surface area contributed by atoms with Gasteiger partial charge in [-0.15, -0.1) is 11.3 Å². The van der Waals surface area contributed by atoms with Crippen molar-refractivity contribution in [3.63, 3.8) is 0 Å². The summed E-state index contributed by atoms with van der Waals surface area (Å²) in [7, 11) is 2.21. The molecule has 0 aromatic carbocycles. The van der Waals surface area contributed by atoms with Gasteiger partial charge in [-0.05, 0) is 47.3 Å². The molecule has 0 saturated carbocycles. The number of nitrogens with zero attached hydrogens (tertiary/aromatic N) is 1. The predicted octanol–water partition coefficient (Wildman–Crippen LogP) is 4.13. The van der Waals surface area contributed by atoms with Gasteiger partial charge in [-0.3, -0.25) is 4.90 Å². The Morgan fingerprint density at radius 3 is 2.50 bits per heavy atom. The van der Waals surface area contributed by atoms with Gasteiger partial charge in [-0.2, -0.15) is 0 Å². The van der Waals surface area contributed by atoms with E-state index in [9.17, 15) is 0 Å². The minimum Gasteiger partial charge on any atom is -0.298 e. The highest BCUT2D eigenvalue weighted by Gasteiger charge is 2.12. The Morgan fingerprint density at radius 1 is 1.43 bits per heavy atom. The van der Waals surface area contributed by atoms with E-state index in [1.807, 2.05) is 11.3 Å². The van der Waals surface area contributed by atoms with E-state index in [4.69, 9.17) is 0 Å². The first-order valence-electron chi connectivity index (χ1n) is 5.11. The molecule has 0 saturated heterocycles. The van der Waals surface area contributed by atoms with Crippen LogP contribution in [0.5, 0.6) is 0 Å². The molecule has 3 heteroatoms. The van der Waals surface area contributed by atoms with Crippen LogP contribution in [0.3, 0.4) is 0 Å². The number of rotatable bonds is 5. The molecule has 0 unspecified atom stereocenters. The fraction of sp³-hybridized carbons (Fsp3) is 0.636. The van der Waals surface area contributed by atoms with E-state index in [0.29, 0.717) is 6.04 Å². The maximum atomic E-state index is 3.57. The molecule has 1 nitrogen and oxygen atoms in total. The lowest BCUT2D eigenvalue weighted by atomic mass is 10.1. The summed E-state index contributed by atoms with van der Waals surface area (Å²) >= 11 is 5.40. The van der Waals surface area contributed by atoms with E-state index in [-0.39, 0.29) is 0 Å². The lowest BCUT2D eigenvalue weighted by molar-refractivity contribution is 0.223. The average Bonchev–Trinajstić information content (AvgIpc) is 2.54. The van der Waals surface area contributed by atoms with Crippen molar-refractivity contribution in [1.29, 1.82) is 0 Å². The van der Waals surface area contributed by atoms with E-state index in [0.717, 1.165) is 6.54 Å². The van der Waals surface area contributed by atoms with Crippen molar-refractivity contribution in [1.82, 2.24) is 4.90 Å². The van der Waals surface area contributed by atoms with E-state index < -0.39 is 0 Å². The molecule has 1 rings (SSSR count). The van der Waals surface area contributed by atoms with Gasteiger partial charge in [0.2, 0.25) is 0 Å². The maximum absolute atomic E-state index is 3.57. The Balaban J connectivity index is 2.56. The second kappa shape index (κ2) is 5.89. The standard InChI is InChI=1S/C11H18BrNS/c1-4-9(5-2)13(3)8-11-10(12)6-7-14-11/h6-7,9H,4-5,8H2,1-3H3. The van der Waals surface area contributed by atoms with Crippen molar-refractivity contribution in [3.8, 4) is 0 Å². The van der Waals surface area contributed by atoms with Crippen molar-refractivity contribution in [2.24, 2.45) is 0 Å². The minimum atomic E-state index is 0.712. The third-order valence-electron chi connectivity index (χ3n) is 2.65. The molecular formula is C11H18BrNS. The summed E-state index contributed by atoms with van der Waals surface area (Å²) in [6.45, 7) is 5.58. The highest BCUT2D eigenvalue weighted by Crippen LogP contribution is 2.24. The normalized spacial score (nSPS) is 11.6.